The van der Waals surface area contributed by atoms with Gasteiger partial charge in [0.2, 0.25) is 0 Å². The molecule has 1 saturated carbocycles. The van der Waals surface area contributed by atoms with Crippen molar-refractivity contribution in [2.24, 2.45) is 5.92 Å². The Bertz CT molecular complexity index is 356. The van der Waals surface area contributed by atoms with Gasteiger partial charge in [-0.2, -0.15) is 0 Å². The van der Waals surface area contributed by atoms with Crippen molar-refractivity contribution in [2.75, 3.05) is 6.54 Å². The third-order valence-corrected chi connectivity index (χ3v) is 3.71. The molecular weight excluding hydrogens is 210 g/mol. The minimum atomic E-state index is 0.409. The van der Waals surface area contributed by atoms with E-state index in [2.05, 4.69) is 18.3 Å². The molecule has 0 heterocycles. The third kappa shape index (κ3) is 3.74. The summed E-state index contributed by atoms with van der Waals surface area (Å²) in [6.45, 7) is 3.93. The molecule has 2 N–H and O–H groups in total. The maximum atomic E-state index is 9.73. The highest BCUT2D eigenvalue weighted by Gasteiger charge is 2.12. The van der Waals surface area contributed by atoms with Gasteiger partial charge in [0.05, 0.1) is 0 Å². The van der Waals surface area contributed by atoms with E-state index in [-0.39, 0.29) is 0 Å². The predicted molar refractivity (Wildman–Crippen MR) is 71.1 cm³/mol. The Hall–Kier alpha value is -1.02. The second-order valence-electron chi connectivity index (χ2n) is 5.27. The molecule has 94 valence electrons. The standard InChI is InChI=1S/C15H23NO/c1-12-7-8-15(17)14(9-12)11-16-10-13-5-3-2-4-6-13/h7-9,13,16-17H,2-6,10-11H2,1H3. The first-order valence-electron chi connectivity index (χ1n) is 6.75. The van der Waals surface area contributed by atoms with Gasteiger partial charge in [-0.3, -0.25) is 0 Å². The number of phenolic OH excluding ortho intramolecular Hbond substituents is 1. The van der Waals surface area contributed by atoms with Gasteiger partial charge in [0.15, 0.2) is 0 Å². The van der Waals surface area contributed by atoms with Crippen LogP contribution in [0.4, 0.5) is 0 Å². The molecule has 0 saturated heterocycles. The topological polar surface area (TPSA) is 32.3 Å². The van der Waals surface area contributed by atoms with Crippen LogP contribution in [0, 0.1) is 12.8 Å². The van der Waals surface area contributed by atoms with Crippen LogP contribution in [0.1, 0.15) is 43.2 Å². The van der Waals surface area contributed by atoms with Crippen LogP contribution in [0.2, 0.25) is 0 Å². The van der Waals surface area contributed by atoms with Crippen molar-refractivity contribution in [1.29, 1.82) is 0 Å². The lowest BCUT2D eigenvalue weighted by atomic mass is 9.89. The smallest absolute Gasteiger partial charge is 0.120 e. The molecule has 0 unspecified atom stereocenters. The Morgan fingerprint density at radius 1 is 1.24 bits per heavy atom. The fraction of sp³-hybridized carbons (Fsp3) is 0.600. The minimum Gasteiger partial charge on any atom is -0.508 e. The largest absolute Gasteiger partial charge is 0.508 e. The molecule has 1 aromatic carbocycles. The highest BCUT2D eigenvalue weighted by Crippen LogP contribution is 2.23. The molecular formula is C15H23NO. The predicted octanol–water partition coefficient (Wildman–Crippen LogP) is 3.37. The fourth-order valence-corrected chi connectivity index (χ4v) is 2.66. The summed E-state index contributed by atoms with van der Waals surface area (Å²) in [6, 6.07) is 5.79. The van der Waals surface area contributed by atoms with E-state index in [1.54, 1.807) is 6.07 Å². The minimum absolute atomic E-state index is 0.409. The number of benzene rings is 1. The summed E-state index contributed by atoms with van der Waals surface area (Å²) in [4.78, 5) is 0. The Morgan fingerprint density at radius 3 is 2.76 bits per heavy atom. The summed E-state index contributed by atoms with van der Waals surface area (Å²) in [7, 11) is 0. The van der Waals surface area contributed by atoms with Gasteiger partial charge < -0.3 is 10.4 Å². The second-order valence-corrected chi connectivity index (χ2v) is 5.27. The van der Waals surface area contributed by atoms with E-state index in [0.717, 1.165) is 24.6 Å². The van der Waals surface area contributed by atoms with Gasteiger partial charge in [0, 0.05) is 12.1 Å². The zero-order chi connectivity index (χ0) is 12.1. The van der Waals surface area contributed by atoms with E-state index in [0.29, 0.717) is 5.75 Å². The van der Waals surface area contributed by atoms with Crippen LogP contribution in [0.15, 0.2) is 18.2 Å². The summed E-state index contributed by atoms with van der Waals surface area (Å²) >= 11 is 0. The molecule has 0 amide bonds. The average molecular weight is 233 g/mol. The molecule has 0 radical (unpaired) electrons. The lowest BCUT2D eigenvalue weighted by Crippen LogP contribution is -2.24. The van der Waals surface area contributed by atoms with E-state index in [1.807, 2.05) is 6.07 Å². The molecule has 1 aliphatic carbocycles. The molecule has 0 atom stereocenters. The normalized spacial score (nSPS) is 17.2. The van der Waals surface area contributed by atoms with Crippen LogP contribution in [-0.2, 0) is 6.54 Å². The van der Waals surface area contributed by atoms with Crippen LogP contribution in [0.5, 0.6) is 5.75 Å². The molecule has 1 aromatic rings. The zero-order valence-electron chi connectivity index (χ0n) is 10.7. The number of rotatable bonds is 4. The first kappa shape index (κ1) is 12.4. The Labute approximate surface area is 104 Å². The van der Waals surface area contributed by atoms with Crippen LogP contribution in [0.25, 0.3) is 0 Å². The second kappa shape index (κ2) is 6.06. The molecule has 2 nitrogen and oxygen atoms in total. The number of hydrogen-bond acceptors (Lipinski definition) is 2. The monoisotopic (exact) mass is 233 g/mol. The van der Waals surface area contributed by atoms with Crippen LogP contribution < -0.4 is 5.32 Å². The Morgan fingerprint density at radius 2 is 2.00 bits per heavy atom. The van der Waals surface area contributed by atoms with Crippen molar-refractivity contribution in [1.82, 2.24) is 5.32 Å². The lowest BCUT2D eigenvalue weighted by Gasteiger charge is -2.21. The maximum Gasteiger partial charge on any atom is 0.120 e. The molecule has 1 aliphatic rings. The van der Waals surface area contributed by atoms with E-state index >= 15 is 0 Å². The van der Waals surface area contributed by atoms with E-state index < -0.39 is 0 Å². The van der Waals surface area contributed by atoms with Crippen LogP contribution >= 0.6 is 0 Å². The average Bonchev–Trinajstić information content (AvgIpc) is 2.35. The first-order valence-corrected chi connectivity index (χ1v) is 6.75. The van der Waals surface area contributed by atoms with Crippen molar-refractivity contribution in [3.8, 4) is 5.75 Å². The molecule has 1 fully saturated rings. The van der Waals surface area contributed by atoms with Crippen molar-refractivity contribution in [3.05, 3.63) is 29.3 Å². The quantitative estimate of drug-likeness (QED) is 0.835. The molecule has 0 aromatic heterocycles. The maximum absolute atomic E-state index is 9.73. The van der Waals surface area contributed by atoms with Gasteiger partial charge in [-0.25, -0.2) is 0 Å². The first-order chi connectivity index (χ1) is 8.25. The lowest BCUT2D eigenvalue weighted by molar-refractivity contribution is 0.341. The number of aryl methyl sites for hydroxylation is 1. The van der Waals surface area contributed by atoms with Crippen LogP contribution in [0.3, 0.4) is 0 Å². The molecule has 2 rings (SSSR count). The summed E-state index contributed by atoms with van der Waals surface area (Å²) in [5, 5.41) is 13.2. The highest BCUT2D eigenvalue weighted by atomic mass is 16.3. The summed E-state index contributed by atoms with van der Waals surface area (Å²) in [5.74, 6) is 1.25. The van der Waals surface area contributed by atoms with Crippen molar-refractivity contribution < 1.29 is 5.11 Å². The summed E-state index contributed by atoms with van der Waals surface area (Å²) < 4.78 is 0. The Balaban J connectivity index is 1.79. The van der Waals surface area contributed by atoms with Gasteiger partial charge in [-0.15, -0.1) is 0 Å². The molecule has 0 spiro atoms. The highest BCUT2D eigenvalue weighted by molar-refractivity contribution is 5.35. The fourth-order valence-electron chi connectivity index (χ4n) is 2.66. The number of hydrogen-bond donors (Lipinski definition) is 2. The van der Waals surface area contributed by atoms with Crippen molar-refractivity contribution in [2.45, 2.75) is 45.6 Å². The van der Waals surface area contributed by atoms with Gasteiger partial charge in [-0.1, -0.05) is 37.0 Å². The summed E-state index contributed by atoms with van der Waals surface area (Å²) in [5.41, 5.74) is 2.22. The number of nitrogens with one attached hydrogen (secondary N) is 1. The summed E-state index contributed by atoms with van der Waals surface area (Å²) in [6.07, 6.45) is 6.93. The van der Waals surface area contributed by atoms with Gasteiger partial charge in [-0.05, 0) is 38.3 Å². The van der Waals surface area contributed by atoms with Gasteiger partial charge >= 0.3 is 0 Å². The van der Waals surface area contributed by atoms with Gasteiger partial charge in [0.25, 0.3) is 0 Å². The van der Waals surface area contributed by atoms with Crippen LogP contribution in [-0.4, -0.2) is 11.7 Å². The molecule has 2 heteroatoms. The van der Waals surface area contributed by atoms with E-state index in [1.165, 1.54) is 37.7 Å². The zero-order valence-corrected chi connectivity index (χ0v) is 10.7. The number of aromatic hydroxyl groups is 1. The Kier molecular flexibility index (Phi) is 4.43. The SMILES string of the molecule is Cc1ccc(O)c(CNCC2CCCCC2)c1. The van der Waals surface area contributed by atoms with Crippen molar-refractivity contribution >= 4 is 0 Å². The van der Waals surface area contributed by atoms with E-state index in [9.17, 15) is 5.11 Å². The van der Waals surface area contributed by atoms with Crippen molar-refractivity contribution in [3.63, 3.8) is 0 Å². The molecule has 0 bridgehead atoms. The van der Waals surface area contributed by atoms with Gasteiger partial charge in [0.1, 0.15) is 5.75 Å². The number of phenols is 1. The van der Waals surface area contributed by atoms with E-state index in [4.69, 9.17) is 0 Å². The molecule has 17 heavy (non-hydrogen) atoms. The molecule has 0 aliphatic heterocycles. The third-order valence-electron chi connectivity index (χ3n) is 3.71.